The van der Waals surface area contributed by atoms with Gasteiger partial charge in [-0.15, -0.1) is 0 Å². The summed E-state index contributed by atoms with van der Waals surface area (Å²) in [5.41, 5.74) is 2.24. The highest BCUT2D eigenvalue weighted by Crippen LogP contribution is 2.13. The zero-order chi connectivity index (χ0) is 51.3. The molecule has 0 aromatic heterocycles. The lowest BCUT2D eigenvalue weighted by Crippen LogP contribution is -2.52. The number of rotatable bonds is 29. The van der Waals surface area contributed by atoms with Crippen LogP contribution in [0.3, 0.4) is 0 Å². The number of hydrogen-bond donors (Lipinski definition) is 4. The predicted molar refractivity (Wildman–Crippen MR) is 261 cm³/mol. The van der Waals surface area contributed by atoms with Crippen LogP contribution in [0.25, 0.3) is 0 Å². The summed E-state index contributed by atoms with van der Waals surface area (Å²) in [5, 5.41) is 10.6. The molecule has 0 heterocycles. The highest BCUT2D eigenvalue weighted by atomic mass is 16.6. The van der Waals surface area contributed by atoms with Gasteiger partial charge in [-0.05, 0) is 75.1 Å². The van der Waals surface area contributed by atoms with E-state index in [0.717, 1.165) is 11.1 Å². The van der Waals surface area contributed by atoms with Gasteiger partial charge in [-0.3, -0.25) is 24.0 Å². The fraction of sp³-hybridized carbons (Fsp3) is 0.407. The van der Waals surface area contributed by atoms with Gasteiger partial charge < -0.3 is 45.0 Å². The third kappa shape index (κ3) is 24.0. The van der Waals surface area contributed by atoms with Crippen molar-refractivity contribution in [3.8, 4) is 0 Å². The number of unbranched alkanes of at least 4 members (excludes halogenated alkanes) is 2. The van der Waals surface area contributed by atoms with Crippen LogP contribution < -0.4 is 21.3 Å². The van der Waals surface area contributed by atoms with Crippen molar-refractivity contribution in [2.75, 3.05) is 6.54 Å². The van der Waals surface area contributed by atoms with E-state index in [4.69, 9.17) is 23.7 Å². The lowest BCUT2D eigenvalue weighted by Gasteiger charge is -2.23. The summed E-state index contributed by atoms with van der Waals surface area (Å²) in [6.45, 7) is 5.36. The Labute approximate surface area is 415 Å². The topological polar surface area (TPSA) is 231 Å². The Bertz CT molecular complexity index is 2290. The molecule has 3 unspecified atom stereocenters. The summed E-state index contributed by atoms with van der Waals surface area (Å²) < 4.78 is 27.1. The number of carbonyl (C=O) groups excluding carboxylic acids is 8. The molecule has 17 nitrogen and oxygen atoms in total. The number of amides is 4. The molecular formula is C54H66N4O13. The van der Waals surface area contributed by atoms with E-state index in [1.165, 1.54) is 0 Å². The summed E-state index contributed by atoms with van der Waals surface area (Å²) >= 11 is 0. The standard InChI is InChI=1S/C54H66N4O13/c1-54(2,3)71-53(66)55-34-18-8-17-27-46(59)56-43(50(63)58-45(52(65)70-38-42-25-15-7-16-26-42)30-33-49(62)68-36-40-21-11-5-12-22-40)28-31-47(60)57-44(51(64)69-37-41-23-13-6-14-24-41)29-32-48(61)67-35-39-19-9-4-10-20-39/h4-7,9-16,19-26,43-45H,8,17-18,27-38H2,1-3H3,(H,55,66)(H,56,59)(H,57,60)(H,58,63). The van der Waals surface area contributed by atoms with E-state index in [1.807, 2.05) is 18.2 Å². The Kier molecular flexibility index (Phi) is 24.3. The Morgan fingerprint density at radius 1 is 0.437 bits per heavy atom. The van der Waals surface area contributed by atoms with Gasteiger partial charge in [0.15, 0.2) is 0 Å². The highest BCUT2D eigenvalue weighted by Gasteiger charge is 2.30. The first-order chi connectivity index (χ1) is 34.1. The molecule has 0 aliphatic rings. The number of carbonyl (C=O) groups is 8. The summed E-state index contributed by atoms with van der Waals surface area (Å²) in [4.78, 5) is 106. The molecule has 0 saturated heterocycles. The minimum absolute atomic E-state index is 0.00444. The lowest BCUT2D eigenvalue weighted by molar-refractivity contribution is -0.151. The van der Waals surface area contributed by atoms with E-state index >= 15 is 0 Å². The number of hydrogen-bond acceptors (Lipinski definition) is 13. The third-order valence-electron chi connectivity index (χ3n) is 10.5. The van der Waals surface area contributed by atoms with Crippen LogP contribution in [0.4, 0.5) is 4.79 Å². The van der Waals surface area contributed by atoms with Gasteiger partial charge in [-0.2, -0.15) is 0 Å². The zero-order valence-electron chi connectivity index (χ0n) is 40.7. The maximum atomic E-state index is 14.1. The van der Waals surface area contributed by atoms with Crippen LogP contribution in [-0.2, 0) is 83.7 Å². The van der Waals surface area contributed by atoms with E-state index < -0.39 is 77.8 Å². The molecule has 0 fully saturated rings. The van der Waals surface area contributed by atoms with E-state index in [9.17, 15) is 38.4 Å². The molecule has 0 bridgehead atoms. The number of ether oxygens (including phenoxy) is 5. The van der Waals surface area contributed by atoms with Crippen LogP contribution in [0.15, 0.2) is 121 Å². The molecule has 0 aliphatic carbocycles. The number of nitrogens with one attached hydrogen (secondary N) is 4. The molecule has 4 aromatic rings. The van der Waals surface area contributed by atoms with Crippen molar-refractivity contribution < 1.29 is 62.0 Å². The Morgan fingerprint density at radius 2 is 0.817 bits per heavy atom. The zero-order valence-corrected chi connectivity index (χ0v) is 40.7. The van der Waals surface area contributed by atoms with Crippen LogP contribution in [-0.4, -0.2) is 78.0 Å². The van der Waals surface area contributed by atoms with Crippen LogP contribution in [0.2, 0.25) is 0 Å². The number of benzene rings is 4. The van der Waals surface area contributed by atoms with Crippen molar-refractivity contribution in [1.29, 1.82) is 0 Å². The molecule has 3 atom stereocenters. The van der Waals surface area contributed by atoms with Crippen molar-refractivity contribution >= 4 is 47.7 Å². The molecule has 17 heteroatoms. The third-order valence-corrected chi connectivity index (χ3v) is 10.5. The molecule has 0 radical (unpaired) electrons. The monoisotopic (exact) mass is 978 g/mol. The largest absolute Gasteiger partial charge is 0.461 e. The first-order valence-electron chi connectivity index (χ1n) is 23.8. The molecule has 4 N–H and O–H groups in total. The van der Waals surface area contributed by atoms with Crippen molar-refractivity contribution in [3.05, 3.63) is 144 Å². The molecule has 71 heavy (non-hydrogen) atoms. The average Bonchev–Trinajstić information content (AvgIpc) is 3.36. The van der Waals surface area contributed by atoms with E-state index in [0.29, 0.717) is 36.9 Å². The van der Waals surface area contributed by atoms with Crippen molar-refractivity contribution in [1.82, 2.24) is 21.3 Å². The van der Waals surface area contributed by atoms with Gasteiger partial charge in [0.1, 0.15) is 50.2 Å². The first-order valence-corrected chi connectivity index (χ1v) is 23.8. The molecule has 0 aliphatic heterocycles. The smallest absolute Gasteiger partial charge is 0.407 e. The Balaban J connectivity index is 1.45. The maximum absolute atomic E-state index is 14.1. The van der Waals surface area contributed by atoms with Crippen LogP contribution >= 0.6 is 0 Å². The van der Waals surface area contributed by atoms with Gasteiger partial charge >= 0.3 is 30.0 Å². The van der Waals surface area contributed by atoms with Gasteiger partial charge in [-0.1, -0.05) is 128 Å². The van der Waals surface area contributed by atoms with Gasteiger partial charge in [0.25, 0.3) is 0 Å². The van der Waals surface area contributed by atoms with Gasteiger partial charge in [0, 0.05) is 32.2 Å². The van der Waals surface area contributed by atoms with Gasteiger partial charge in [-0.25, -0.2) is 14.4 Å². The second-order valence-electron chi connectivity index (χ2n) is 17.6. The maximum Gasteiger partial charge on any atom is 0.407 e. The SMILES string of the molecule is CC(C)(C)OC(=O)NCCCCCC(=O)NC(CCC(=O)NC(CCC(=O)OCc1ccccc1)C(=O)OCc1ccccc1)C(=O)NC(CCC(=O)OCc1ccccc1)C(=O)OCc1ccccc1. The molecule has 4 amide bonds. The summed E-state index contributed by atoms with van der Waals surface area (Å²) in [5.74, 6) is -4.96. The van der Waals surface area contributed by atoms with E-state index in [-0.39, 0.29) is 65.0 Å². The summed E-state index contributed by atoms with van der Waals surface area (Å²) in [6, 6.07) is 31.7. The second-order valence-corrected chi connectivity index (χ2v) is 17.6. The van der Waals surface area contributed by atoms with E-state index in [2.05, 4.69) is 21.3 Å². The molecule has 380 valence electrons. The Hall–Kier alpha value is -7.56. The fourth-order valence-corrected chi connectivity index (χ4v) is 6.74. The minimum Gasteiger partial charge on any atom is -0.461 e. The highest BCUT2D eigenvalue weighted by molar-refractivity contribution is 5.92. The molecule has 0 spiro atoms. The molecular weight excluding hydrogens is 913 g/mol. The summed E-state index contributed by atoms with van der Waals surface area (Å²) in [6.07, 6.45) is -0.700. The molecule has 4 rings (SSSR count). The van der Waals surface area contributed by atoms with Gasteiger partial charge in [0.2, 0.25) is 17.7 Å². The lowest BCUT2D eigenvalue weighted by atomic mass is 10.1. The van der Waals surface area contributed by atoms with Crippen LogP contribution in [0, 0.1) is 0 Å². The fourth-order valence-electron chi connectivity index (χ4n) is 6.74. The van der Waals surface area contributed by atoms with E-state index in [1.54, 1.807) is 124 Å². The average molecular weight is 979 g/mol. The normalized spacial score (nSPS) is 12.2. The van der Waals surface area contributed by atoms with Crippen molar-refractivity contribution in [3.63, 3.8) is 0 Å². The van der Waals surface area contributed by atoms with Crippen LogP contribution in [0.5, 0.6) is 0 Å². The van der Waals surface area contributed by atoms with Crippen LogP contribution in [0.1, 0.15) is 107 Å². The predicted octanol–water partition coefficient (Wildman–Crippen LogP) is 6.84. The minimum atomic E-state index is -1.38. The quantitative estimate of drug-likeness (QED) is 0.0248. The first kappa shape index (κ1) is 56.0. The van der Waals surface area contributed by atoms with Gasteiger partial charge in [0.05, 0.1) is 0 Å². The number of alkyl carbamates (subject to hydrolysis) is 1. The molecule has 0 saturated carbocycles. The summed E-state index contributed by atoms with van der Waals surface area (Å²) in [7, 11) is 0. The second kappa shape index (κ2) is 30.8. The Morgan fingerprint density at radius 3 is 1.25 bits per heavy atom. The number of esters is 4. The van der Waals surface area contributed by atoms with Crippen molar-refractivity contribution in [2.45, 2.75) is 135 Å². The van der Waals surface area contributed by atoms with Crippen molar-refractivity contribution in [2.24, 2.45) is 0 Å². The molecule has 4 aromatic carbocycles.